The maximum atomic E-state index is 12.5. The molecule has 0 spiro atoms. The highest BCUT2D eigenvalue weighted by Gasteiger charge is 2.59. The maximum Gasteiger partial charge on any atom is 0.0989 e. The molecule has 0 radical (unpaired) electrons. The second-order valence-electron chi connectivity index (χ2n) is 8.71. The van der Waals surface area contributed by atoms with Crippen molar-refractivity contribution in [3.05, 3.63) is 108 Å². The zero-order chi connectivity index (χ0) is 19.8. The van der Waals surface area contributed by atoms with Crippen molar-refractivity contribution in [1.82, 2.24) is 4.90 Å². The van der Waals surface area contributed by atoms with Crippen molar-refractivity contribution in [2.75, 3.05) is 7.05 Å². The van der Waals surface area contributed by atoms with Gasteiger partial charge < -0.3 is 5.11 Å². The molecule has 1 unspecified atom stereocenters. The van der Waals surface area contributed by atoms with Gasteiger partial charge in [-0.1, -0.05) is 97.4 Å². The predicted molar refractivity (Wildman–Crippen MR) is 117 cm³/mol. The summed E-state index contributed by atoms with van der Waals surface area (Å²) in [6, 6.07) is 32.3. The van der Waals surface area contributed by atoms with Gasteiger partial charge in [0.1, 0.15) is 0 Å². The van der Waals surface area contributed by atoms with E-state index in [4.69, 9.17) is 0 Å². The lowest BCUT2D eigenvalue weighted by molar-refractivity contribution is -0.194. The minimum Gasteiger partial charge on any atom is -0.384 e. The Bertz CT molecular complexity index is 885. The molecule has 1 saturated carbocycles. The van der Waals surface area contributed by atoms with Crippen molar-refractivity contribution in [3.8, 4) is 0 Å². The van der Waals surface area contributed by atoms with Gasteiger partial charge in [-0.2, -0.15) is 0 Å². The van der Waals surface area contributed by atoms with E-state index in [9.17, 15) is 5.11 Å². The number of benzene rings is 3. The third-order valence-corrected chi connectivity index (χ3v) is 7.32. The fourth-order valence-electron chi connectivity index (χ4n) is 6.18. The summed E-state index contributed by atoms with van der Waals surface area (Å²) in [5.74, 6) is 0.354. The van der Waals surface area contributed by atoms with Gasteiger partial charge in [0, 0.05) is 23.9 Å². The Hall–Kier alpha value is -2.42. The van der Waals surface area contributed by atoms with Crippen LogP contribution < -0.4 is 0 Å². The number of aliphatic hydroxyl groups is 1. The Kier molecular flexibility index (Phi) is 4.77. The van der Waals surface area contributed by atoms with E-state index in [1.54, 1.807) is 0 Å². The molecular weight excluding hydrogens is 354 g/mol. The number of hydrogen-bond donors (Lipinski definition) is 1. The van der Waals surface area contributed by atoms with Crippen LogP contribution in [0, 0.1) is 11.8 Å². The minimum atomic E-state index is -0.826. The van der Waals surface area contributed by atoms with E-state index in [0.717, 1.165) is 18.4 Å². The van der Waals surface area contributed by atoms with Crippen molar-refractivity contribution >= 4 is 0 Å². The van der Waals surface area contributed by atoms with E-state index >= 15 is 0 Å². The maximum absolute atomic E-state index is 12.5. The van der Waals surface area contributed by atoms with Crippen molar-refractivity contribution in [3.63, 3.8) is 0 Å². The quantitative estimate of drug-likeness (QED) is 0.625. The third kappa shape index (κ3) is 2.94. The number of hydrogen-bond acceptors (Lipinski definition) is 2. The van der Waals surface area contributed by atoms with E-state index in [2.05, 4.69) is 96.9 Å². The number of nitrogens with zero attached hydrogens (tertiary/aromatic N) is 1. The Morgan fingerprint density at radius 3 is 1.55 bits per heavy atom. The lowest BCUT2D eigenvalue weighted by Crippen LogP contribution is -2.59. The average molecular weight is 384 g/mol. The smallest absolute Gasteiger partial charge is 0.0989 e. The molecule has 5 atom stereocenters. The van der Waals surface area contributed by atoms with Crippen molar-refractivity contribution < 1.29 is 5.11 Å². The third-order valence-electron chi connectivity index (χ3n) is 7.32. The Balaban J connectivity index is 1.71. The molecule has 3 aromatic rings. The molecule has 1 aliphatic heterocycles. The van der Waals surface area contributed by atoms with E-state index in [-0.39, 0.29) is 23.9 Å². The van der Waals surface area contributed by atoms with Gasteiger partial charge >= 0.3 is 0 Å². The van der Waals surface area contributed by atoms with Crippen LogP contribution in [0.5, 0.6) is 0 Å². The predicted octanol–water partition coefficient (Wildman–Crippen LogP) is 5.72. The summed E-state index contributed by atoms with van der Waals surface area (Å²) >= 11 is 0. The van der Waals surface area contributed by atoms with Gasteiger partial charge in [0.25, 0.3) is 0 Å². The molecule has 2 fully saturated rings. The lowest BCUT2D eigenvalue weighted by atomic mass is 9.56. The zero-order valence-corrected chi connectivity index (χ0v) is 17.0. The molecule has 148 valence electrons. The van der Waals surface area contributed by atoms with Crippen molar-refractivity contribution in [1.29, 1.82) is 0 Å². The van der Waals surface area contributed by atoms with Gasteiger partial charge in [0.15, 0.2) is 0 Å². The van der Waals surface area contributed by atoms with E-state index in [1.807, 2.05) is 6.07 Å². The van der Waals surface area contributed by atoms with Gasteiger partial charge in [0.05, 0.1) is 5.60 Å². The first-order valence-corrected chi connectivity index (χ1v) is 10.8. The van der Waals surface area contributed by atoms with Crippen LogP contribution in [0.25, 0.3) is 0 Å². The van der Waals surface area contributed by atoms with Crippen LogP contribution in [0.15, 0.2) is 91.0 Å². The van der Waals surface area contributed by atoms with Gasteiger partial charge in [0.2, 0.25) is 0 Å². The summed E-state index contributed by atoms with van der Waals surface area (Å²) in [5, 5.41) is 12.5. The first kappa shape index (κ1) is 18.6. The summed E-state index contributed by atoms with van der Waals surface area (Å²) in [4.78, 5) is 2.54. The molecule has 2 bridgehead atoms. The van der Waals surface area contributed by atoms with Crippen LogP contribution >= 0.6 is 0 Å². The Morgan fingerprint density at radius 1 is 0.690 bits per heavy atom. The zero-order valence-electron chi connectivity index (χ0n) is 17.0. The fourth-order valence-corrected chi connectivity index (χ4v) is 6.18. The molecule has 2 heteroatoms. The average Bonchev–Trinajstić information content (AvgIpc) is 2.77. The Labute approximate surface area is 173 Å². The molecule has 0 aromatic heterocycles. The monoisotopic (exact) mass is 383 g/mol. The SMILES string of the molecule is CN1[C@H](c2ccccc2)[C@@H]2CCC[C@H]([C@@H]1c1ccccc1)C2(O)c1ccccc1. The van der Waals surface area contributed by atoms with Crippen molar-refractivity contribution in [2.45, 2.75) is 36.9 Å². The summed E-state index contributed by atoms with van der Waals surface area (Å²) < 4.78 is 0. The first-order chi connectivity index (χ1) is 14.2. The standard InChI is InChI=1S/C27H29NO/c1-28-25(20-12-5-2-6-13-20)23-18-11-19-24(26(28)21-14-7-3-8-15-21)27(23,29)22-16-9-4-10-17-22/h2-10,12-17,23-26,29H,11,18-19H2,1H3/t23-,24+,25+,26-,27?. The summed E-state index contributed by atoms with van der Waals surface area (Å²) in [6.45, 7) is 0. The van der Waals surface area contributed by atoms with E-state index < -0.39 is 5.60 Å². The molecule has 1 N–H and O–H groups in total. The van der Waals surface area contributed by atoms with Crippen LogP contribution in [0.2, 0.25) is 0 Å². The van der Waals surface area contributed by atoms with Gasteiger partial charge in [-0.3, -0.25) is 4.90 Å². The topological polar surface area (TPSA) is 23.5 Å². The highest BCUT2D eigenvalue weighted by Crippen LogP contribution is 2.61. The number of fused-ring (bicyclic) bond motifs is 2. The van der Waals surface area contributed by atoms with E-state index in [0.29, 0.717) is 0 Å². The van der Waals surface area contributed by atoms with Crippen molar-refractivity contribution in [2.24, 2.45) is 11.8 Å². The molecule has 3 aromatic carbocycles. The largest absolute Gasteiger partial charge is 0.384 e. The second-order valence-corrected chi connectivity index (χ2v) is 8.71. The second kappa shape index (κ2) is 7.44. The molecule has 1 heterocycles. The van der Waals surface area contributed by atoms with E-state index in [1.165, 1.54) is 17.5 Å². The van der Waals surface area contributed by atoms with Gasteiger partial charge in [-0.25, -0.2) is 0 Å². The van der Waals surface area contributed by atoms with Crippen LogP contribution in [-0.4, -0.2) is 17.1 Å². The highest BCUT2D eigenvalue weighted by molar-refractivity contribution is 5.34. The molecular formula is C27H29NO. The van der Waals surface area contributed by atoms with Crippen LogP contribution in [0.4, 0.5) is 0 Å². The normalized spacial score (nSPS) is 32.1. The minimum absolute atomic E-state index is 0.177. The van der Waals surface area contributed by atoms with Crippen LogP contribution in [-0.2, 0) is 5.60 Å². The van der Waals surface area contributed by atoms with Gasteiger partial charge in [-0.15, -0.1) is 0 Å². The molecule has 5 rings (SSSR count). The molecule has 2 nitrogen and oxygen atoms in total. The molecule has 1 aliphatic carbocycles. The number of likely N-dealkylation sites (tertiary alicyclic amines) is 1. The van der Waals surface area contributed by atoms with Gasteiger partial charge in [-0.05, 0) is 36.6 Å². The summed E-state index contributed by atoms with van der Waals surface area (Å²) in [7, 11) is 2.26. The Morgan fingerprint density at radius 2 is 1.10 bits per heavy atom. The molecule has 2 aliphatic rings. The number of rotatable bonds is 3. The van der Waals surface area contributed by atoms with Crippen LogP contribution in [0.1, 0.15) is 48.0 Å². The van der Waals surface area contributed by atoms with Crippen LogP contribution in [0.3, 0.4) is 0 Å². The fraction of sp³-hybridized carbons (Fsp3) is 0.333. The molecule has 29 heavy (non-hydrogen) atoms. The number of piperidine rings is 1. The summed E-state index contributed by atoms with van der Waals surface area (Å²) in [6.07, 6.45) is 3.27. The lowest BCUT2D eigenvalue weighted by Gasteiger charge is -2.60. The highest BCUT2D eigenvalue weighted by atomic mass is 16.3. The molecule has 1 saturated heterocycles. The molecule has 0 amide bonds. The first-order valence-electron chi connectivity index (χ1n) is 10.8. The summed E-state index contributed by atoms with van der Waals surface area (Å²) in [5.41, 5.74) is 2.85.